The van der Waals surface area contributed by atoms with Crippen molar-refractivity contribution in [1.82, 2.24) is 0 Å². The maximum absolute atomic E-state index is 7.17. The van der Waals surface area contributed by atoms with Crippen molar-refractivity contribution in [2.75, 3.05) is 0 Å². The summed E-state index contributed by atoms with van der Waals surface area (Å²) < 4.78 is 0. The van der Waals surface area contributed by atoms with Gasteiger partial charge in [0.25, 0.3) is 0 Å². The standard InChI is InChI=1S/C8H10.BH3O3/c1-7-3-5-8(2)6-4-7;2-1(3)4/h3-6H,1-2H3;2-4H. The van der Waals surface area contributed by atoms with Crippen LogP contribution in [0.4, 0.5) is 0 Å². The van der Waals surface area contributed by atoms with Gasteiger partial charge >= 0.3 is 7.32 Å². The Hall–Kier alpha value is -0.835. The van der Waals surface area contributed by atoms with E-state index in [2.05, 4.69) is 38.1 Å². The Labute approximate surface area is 72.5 Å². The molecule has 0 unspecified atom stereocenters. The summed E-state index contributed by atoms with van der Waals surface area (Å²) in [4.78, 5) is 0. The fourth-order valence-electron chi connectivity index (χ4n) is 0.637. The predicted molar refractivity (Wildman–Crippen MR) is 48.3 cm³/mol. The molecule has 4 heteroatoms. The number of hydrogen-bond acceptors (Lipinski definition) is 3. The Kier molecular flexibility index (Phi) is 5.37. The lowest BCUT2D eigenvalue weighted by Gasteiger charge is -1.90. The minimum absolute atomic E-state index is 1.33. The largest absolute Gasteiger partial charge is 0.631 e. The Balaban J connectivity index is 0.000000261. The van der Waals surface area contributed by atoms with E-state index >= 15 is 0 Å². The molecular weight excluding hydrogens is 155 g/mol. The number of hydrogen-bond donors (Lipinski definition) is 3. The first-order valence-corrected chi connectivity index (χ1v) is 3.60. The molecule has 0 fully saturated rings. The maximum Gasteiger partial charge on any atom is 0.631 e. The van der Waals surface area contributed by atoms with E-state index in [1.807, 2.05) is 0 Å². The molecule has 0 aliphatic rings. The van der Waals surface area contributed by atoms with Gasteiger partial charge in [-0.3, -0.25) is 0 Å². The van der Waals surface area contributed by atoms with Gasteiger partial charge in [0.05, 0.1) is 0 Å². The van der Waals surface area contributed by atoms with E-state index in [-0.39, 0.29) is 0 Å². The molecule has 0 spiro atoms. The zero-order valence-electron chi connectivity index (χ0n) is 7.23. The molecule has 0 saturated heterocycles. The van der Waals surface area contributed by atoms with Crippen molar-refractivity contribution in [2.24, 2.45) is 0 Å². The van der Waals surface area contributed by atoms with E-state index < -0.39 is 7.32 Å². The lowest BCUT2D eigenvalue weighted by atomic mass is 10.2. The molecular formula is C8H13BO3. The summed E-state index contributed by atoms with van der Waals surface area (Å²) in [5.41, 5.74) is 2.66. The third kappa shape index (κ3) is 7.27. The summed E-state index contributed by atoms with van der Waals surface area (Å²) in [7, 11) is -2.17. The molecule has 0 amide bonds. The molecule has 0 aliphatic heterocycles. The van der Waals surface area contributed by atoms with Crippen LogP contribution >= 0.6 is 0 Å². The van der Waals surface area contributed by atoms with Crippen molar-refractivity contribution in [1.29, 1.82) is 0 Å². The van der Waals surface area contributed by atoms with Crippen LogP contribution in [0.15, 0.2) is 24.3 Å². The van der Waals surface area contributed by atoms with Crippen molar-refractivity contribution in [2.45, 2.75) is 13.8 Å². The molecule has 0 atom stereocenters. The summed E-state index contributed by atoms with van der Waals surface area (Å²) in [6, 6.07) is 8.48. The number of rotatable bonds is 0. The third-order valence-electron chi connectivity index (χ3n) is 1.22. The topological polar surface area (TPSA) is 60.7 Å². The summed E-state index contributed by atoms with van der Waals surface area (Å²) in [6.45, 7) is 4.19. The van der Waals surface area contributed by atoms with Gasteiger partial charge < -0.3 is 15.1 Å². The lowest BCUT2D eigenvalue weighted by molar-refractivity contribution is 0.278. The molecule has 1 aromatic rings. The monoisotopic (exact) mass is 168 g/mol. The second-order valence-electron chi connectivity index (χ2n) is 2.50. The molecule has 0 bridgehead atoms. The lowest BCUT2D eigenvalue weighted by Crippen LogP contribution is -2.07. The van der Waals surface area contributed by atoms with Gasteiger partial charge in [-0.25, -0.2) is 0 Å². The normalized spacial score (nSPS) is 8.42. The molecule has 1 rings (SSSR count). The van der Waals surface area contributed by atoms with E-state index in [4.69, 9.17) is 15.1 Å². The first-order chi connectivity index (χ1) is 5.52. The van der Waals surface area contributed by atoms with Crippen LogP contribution in [0.2, 0.25) is 0 Å². The van der Waals surface area contributed by atoms with Crippen LogP contribution < -0.4 is 0 Å². The molecule has 0 radical (unpaired) electrons. The van der Waals surface area contributed by atoms with Crippen LogP contribution in [0.1, 0.15) is 11.1 Å². The highest BCUT2D eigenvalue weighted by atomic mass is 16.5. The first kappa shape index (κ1) is 11.2. The average Bonchev–Trinajstić information content (AvgIpc) is 1.94. The fraction of sp³-hybridized carbons (Fsp3) is 0.250. The maximum atomic E-state index is 7.17. The Morgan fingerprint density at radius 1 is 0.833 bits per heavy atom. The molecule has 66 valence electrons. The van der Waals surface area contributed by atoms with E-state index in [0.717, 1.165) is 0 Å². The quantitative estimate of drug-likeness (QED) is 0.486. The predicted octanol–water partition coefficient (Wildman–Crippen LogP) is 0.252. The molecule has 3 nitrogen and oxygen atoms in total. The zero-order valence-corrected chi connectivity index (χ0v) is 7.23. The second kappa shape index (κ2) is 5.77. The first-order valence-electron chi connectivity index (χ1n) is 3.60. The molecule has 3 N–H and O–H groups in total. The van der Waals surface area contributed by atoms with Crippen LogP contribution in [-0.4, -0.2) is 22.4 Å². The van der Waals surface area contributed by atoms with Crippen molar-refractivity contribution < 1.29 is 15.1 Å². The average molecular weight is 168 g/mol. The van der Waals surface area contributed by atoms with Crippen LogP contribution in [-0.2, 0) is 0 Å². The second-order valence-corrected chi connectivity index (χ2v) is 2.50. The summed E-state index contributed by atoms with van der Waals surface area (Å²) in [6.07, 6.45) is 0. The highest BCUT2D eigenvalue weighted by molar-refractivity contribution is 6.30. The Morgan fingerprint density at radius 2 is 1.00 bits per heavy atom. The minimum atomic E-state index is -2.17. The molecule has 12 heavy (non-hydrogen) atoms. The van der Waals surface area contributed by atoms with Crippen LogP contribution in [0.5, 0.6) is 0 Å². The summed E-state index contributed by atoms with van der Waals surface area (Å²) >= 11 is 0. The van der Waals surface area contributed by atoms with Crippen molar-refractivity contribution >= 4 is 7.32 Å². The molecule has 0 saturated carbocycles. The van der Waals surface area contributed by atoms with Crippen molar-refractivity contribution in [3.05, 3.63) is 35.4 Å². The van der Waals surface area contributed by atoms with E-state index in [0.29, 0.717) is 0 Å². The summed E-state index contributed by atoms with van der Waals surface area (Å²) in [5.74, 6) is 0. The van der Waals surface area contributed by atoms with E-state index in [1.54, 1.807) is 0 Å². The third-order valence-corrected chi connectivity index (χ3v) is 1.22. The van der Waals surface area contributed by atoms with Gasteiger partial charge in [-0.1, -0.05) is 35.4 Å². The van der Waals surface area contributed by atoms with E-state index in [9.17, 15) is 0 Å². The van der Waals surface area contributed by atoms with Crippen molar-refractivity contribution in [3.8, 4) is 0 Å². The molecule has 1 aromatic carbocycles. The fourth-order valence-corrected chi connectivity index (χ4v) is 0.637. The Bertz CT molecular complexity index is 184. The minimum Gasteiger partial charge on any atom is -0.402 e. The molecule has 0 aliphatic carbocycles. The van der Waals surface area contributed by atoms with Gasteiger partial charge in [0.15, 0.2) is 0 Å². The van der Waals surface area contributed by atoms with E-state index in [1.165, 1.54) is 11.1 Å². The van der Waals surface area contributed by atoms with Gasteiger partial charge in [0.2, 0.25) is 0 Å². The van der Waals surface area contributed by atoms with Crippen molar-refractivity contribution in [3.63, 3.8) is 0 Å². The van der Waals surface area contributed by atoms with Crippen LogP contribution in [0.25, 0.3) is 0 Å². The van der Waals surface area contributed by atoms with Gasteiger partial charge in [0.1, 0.15) is 0 Å². The van der Waals surface area contributed by atoms with Crippen LogP contribution in [0.3, 0.4) is 0 Å². The molecule has 0 aromatic heterocycles. The van der Waals surface area contributed by atoms with Gasteiger partial charge in [-0.15, -0.1) is 0 Å². The molecule has 0 heterocycles. The van der Waals surface area contributed by atoms with Gasteiger partial charge in [-0.05, 0) is 13.8 Å². The number of benzene rings is 1. The number of aryl methyl sites for hydroxylation is 2. The Morgan fingerprint density at radius 3 is 1.17 bits per heavy atom. The highest BCUT2D eigenvalue weighted by Crippen LogP contribution is 1.99. The van der Waals surface area contributed by atoms with Gasteiger partial charge in [0, 0.05) is 0 Å². The zero-order chi connectivity index (χ0) is 9.56. The highest BCUT2D eigenvalue weighted by Gasteiger charge is 1.92. The smallest absolute Gasteiger partial charge is 0.402 e. The van der Waals surface area contributed by atoms with Crippen LogP contribution in [0, 0.1) is 13.8 Å². The SMILES string of the molecule is Cc1ccc(C)cc1.OB(O)O. The van der Waals surface area contributed by atoms with Gasteiger partial charge in [-0.2, -0.15) is 0 Å². The summed E-state index contributed by atoms with van der Waals surface area (Å²) in [5, 5.41) is 21.5.